The number of H-pyrrole nitrogens is 1. The molecular formula is C13H12Cl2N2O3. The van der Waals surface area contributed by atoms with Crippen LogP contribution in [0.5, 0.6) is 5.75 Å². The Morgan fingerprint density at radius 2 is 2.00 bits per heavy atom. The van der Waals surface area contributed by atoms with Gasteiger partial charge in [0.15, 0.2) is 0 Å². The fourth-order valence-corrected chi connectivity index (χ4v) is 2.37. The summed E-state index contributed by atoms with van der Waals surface area (Å²) in [6, 6.07) is 4.69. The number of hydrogen-bond donors (Lipinski definition) is 1. The number of ether oxygens (including phenoxy) is 1. The van der Waals surface area contributed by atoms with Crippen LogP contribution in [0, 0.1) is 0 Å². The molecule has 2 rings (SSSR count). The van der Waals surface area contributed by atoms with Gasteiger partial charge in [-0.3, -0.25) is 9.78 Å². The fraction of sp³-hybridized carbons (Fsp3) is 0.231. The van der Waals surface area contributed by atoms with E-state index in [4.69, 9.17) is 27.9 Å². The van der Waals surface area contributed by atoms with Crippen molar-refractivity contribution in [3.8, 4) is 11.4 Å². The Balaban J connectivity index is 2.87. The lowest BCUT2D eigenvalue weighted by molar-refractivity contribution is 0.412. The van der Waals surface area contributed by atoms with Gasteiger partial charge in [0.1, 0.15) is 10.9 Å². The third kappa shape index (κ3) is 2.46. The minimum atomic E-state index is -0.641. The third-order valence-electron chi connectivity index (χ3n) is 2.88. The van der Waals surface area contributed by atoms with Gasteiger partial charge < -0.3 is 4.74 Å². The van der Waals surface area contributed by atoms with E-state index in [1.807, 2.05) is 0 Å². The first-order valence-corrected chi connectivity index (χ1v) is 6.62. The number of hydrogen-bond acceptors (Lipinski definition) is 3. The zero-order valence-electron chi connectivity index (χ0n) is 10.9. The molecule has 0 unspecified atom stereocenters. The number of aromatic amines is 1. The summed E-state index contributed by atoms with van der Waals surface area (Å²) in [6.45, 7) is 1.78. The van der Waals surface area contributed by atoms with E-state index in [1.54, 1.807) is 19.1 Å². The van der Waals surface area contributed by atoms with Gasteiger partial charge >= 0.3 is 5.69 Å². The molecule has 0 radical (unpaired) electrons. The number of aromatic nitrogens is 2. The van der Waals surface area contributed by atoms with Gasteiger partial charge in [0, 0.05) is 5.02 Å². The van der Waals surface area contributed by atoms with E-state index in [-0.39, 0.29) is 10.8 Å². The molecule has 0 amide bonds. The fourth-order valence-electron chi connectivity index (χ4n) is 1.91. The molecule has 5 nitrogen and oxygen atoms in total. The van der Waals surface area contributed by atoms with Gasteiger partial charge in [-0.25, -0.2) is 9.36 Å². The highest BCUT2D eigenvalue weighted by Crippen LogP contribution is 2.24. The highest BCUT2D eigenvalue weighted by molar-refractivity contribution is 6.31. The Bertz CT molecular complexity index is 765. The molecule has 0 fully saturated rings. The summed E-state index contributed by atoms with van der Waals surface area (Å²) in [5, 5.41) is 0.444. The van der Waals surface area contributed by atoms with E-state index >= 15 is 0 Å². The molecule has 106 valence electrons. The molecule has 1 N–H and O–H groups in total. The van der Waals surface area contributed by atoms with Crippen LogP contribution < -0.4 is 16.0 Å². The molecule has 0 bridgehead atoms. The predicted molar refractivity (Wildman–Crippen MR) is 78.6 cm³/mol. The molecule has 1 heterocycles. The van der Waals surface area contributed by atoms with Crippen LogP contribution in [0.4, 0.5) is 0 Å². The Morgan fingerprint density at radius 3 is 2.60 bits per heavy atom. The second kappa shape index (κ2) is 5.73. The van der Waals surface area contributed by atoms with Gasteiger partial charge in [-0.2, -0.15) is 0 Å². The molecular weight excluding hydrogens is 303 g/mol. The molecule has 7 heteroatoms. The summed E-state index contributed by atoms with van der Waals surface area (Å²) in [4.78, 5) is 26.9. The Labute approximate surface area is 124 Å². The largest absolute Gasteiger partial charge is 0.495 e. The molecule has 0 spiro atoms. The van der Waals surface area contributed by atoms with Crippen LogP contribution in [0.1, 0.15) is 12.5 Å². The molecule has 2 aromatic rings. The molecule has 0 aliphatic heterocycles. The quantitative estimate of drug-likeness (QED) is 0.885. The number of benzene rings is 1. The van der Waals surface area contributed by atoms with Crippen molar-refractivity contribution in [2.24, 2.45) is 0 Å². The normalized spacial score (nSPS) is 10.6. The second-order valence-corrected chi connectivity index (χ2v) is 4.85. The van der Waals surface area contributed by atoms with Crippen molar-refractivity contribution in [3.63, 3.8) is 0 Å². The van der Waals surface area contributed by atoms with Crippen LogP contribution in [0.15, 0.2) is 27.8 Å². The second-order valence-electron chi connectivity index (χ2n) is 4.03. The van der Waals surface area contributed by atoms with Crippen LogP contribution in [-0.2, 0) is 6.42 Å². The minimum absolute atomic E-state index is 0.0553. The zero-order chi connectivity index (χ0) is 14.9. The van der Waals surface area contributed by atoms with Crippen LogP contribution in [0.2, 0.25) is 10.2 Å². The third-order valence-corrected chi connectivity index (χ3v) is 3.44. The minimum Gasteiger partial charge on any atom is -0.495 e. The maximum absolute atomic E-state index is 12.4. The number of halogens is 2. The van der Waals surface area contributed by atoms with Gasteiger partial charge in [-0.1, -0.05) is 30.1 Å². The van der Waals surface area contributed by atoms with Crippen molar-refractivity contribution in [1.82, 2.24) is 9.55 Å². The van der Waals surface area contributed by atoms with Crippen molar-refractivity contribution in [2.75, 3.05) is 7.11 Å². The van der Waals surface area contributed by atoms with Crippen molar-refractivity contribution < 1.29 is 4.74 Å². The van der Waals surface area contributed by atoms with Crippen molar-refractivity contribution >= 4 is 23.2 Å². The van der Waals surface area contributed by atoms with Crippen LogP contribution in [0.25, 0.3) is 5.69 Å². The van der Waals surface area contributed by atoms with E-state index < -0.39 is 11.2 Å². The first-order valence-electron chi connectivity index (χ1n) is 5.87. The summed E-state index contributed by atoms with van der Waals surface area (Å²) in [5.74, 6) is 0.367. The Hall–Kier alpha value is -1.72. The molecule has 1 aromatic carbocycles. The van der Waals surface area contributed by atoms with Gasteiger partial charge in [0.25, 0.3) is 5.56 Å². The van der Waals surface area contributed by atoms with Crippen LogP contribution in [-0.4, -0.2) is 16.7 Å². The molecule has 0 atom stereocenters. The van der Waals surface area contributed by atoms with Crippen molar-refractivity contribution in [1.29, 1.82) is 0 Å². The maximum Gasteiger partial charge on any atom is 0.334 e. The summed E-state index contributed by atoms with van der Waals surface area (Å²) in [5.41, 5.74) is -0.523. The van der Waals surface area contributed by atoms with Crippen LogP contribution in [0.3, 0.4) is 0 Å². The molecule has 1 aromatic heterocycles. The molecule has 0 aliphatic rings. The first-order chi connectivity index (χ1) is 9.49. The summed E-state index contributed by atoms with van der Waals surface area (Å²) < 4.78 is 6.13. The predicted octanol–water partition coefficient (Wildman–Crippen LogP) is 2.40. The highest BCUT2D eigenvalue weighted by Gasteiger charge is 2.16. The summed E-state index contributed by atoms with van der Waals surface area (Å²) in [6.07, 6.45) is 0.400. The number of nitrogens with zero attached hydrogens (tertiary/aromatic N) is 1. The summed E-state index contributed by atoms with van der Waals surface area (Å²) in [7, 11) is 1.45. The first kappa shape index (κ1) is 14.7. The number of rotatable bonds is 3. The molecule has 20 heavy (non-hydrogen) atoms. The monoisotopic (exact) mass is 314 g/mol. The van der Waals surface area contributed by atoms with E-state index in [0.29, 0.717) is 22.8 Å². The van der Waals surface area contributed by atoms with Crippen molar-refractivity contribution in [2.45, 2.75) is 13.3 Å². The van der Waals surface area contributed by atoms with Crippen molar-refractivity contribution in [3.05, 3.63) is 54.8 Å². The van der Waals surface area contributed by atoms with Gasteiger partial charge in [-0.15, -0.1) is 0 Å². The number of nitrogens with one attached hydrogen (secondary N) is 1. The van der Waals surface area contributed by atoms with E-state index in [1.165, 1.54) is 13.2 Å². The zero-order valence-corrected chi connectivity index (χ0v) is 12.4. The lowest BCUT2D eigenvalue weighted by atomic mass is 10.2. The van der Waals surface area contributed by atoms with E-state index in [0.717, 1.165) is 4.57 Å². The SMILES string of the molecule is CCc1c(Cl)[nH]c(=O)n(-c2cc(Cl)ccc2OC)c1=O. The van der Waals surface area contributed by atoms with E-state index in [2.05, 4.69) is 4.98 Å². The van der Waals surface area contributed by atoms with Gasteiger partial charge in [0.05, 0.1) is 18.4 Å². The topological polar surface area (TPSA) is 64.1 Å². The van der Waals surface area contributed by atoms with Crippen LogP contribution >= 0.6 is 23.2 Å². The molecule has 0 saturated heterocycles. The maximum atomic E-state index is 12.4. The lowest BCUT2D eigenvalue weighted by Gasteiger charge is -2.12. The van der Waals surface area contributed by atoms with Gasteiger partial charge in [0.2, 0.25) is 0 Å². The lowest BCUT2D eigenvalue weighted by Crippen LogP contribution is -2.36. The standard InChI is InChI=1S/C13H12Cl2N2O3/c1-3-8-11(15)16-13(19)17(12(8)18)9-6-7(14)4-5-10(9)20-2/h4-6H,3H2,1-2H3,(H,16,19). The Morgan fingerprint density at radius 1 is 1.30 bits per heavy atom. The summed E-state index contributed by atoms with van der Waals surface area (Å²) >= 11 is 11.8. The smallest absolute Gasteiger partial charge is 0.334 e. The molecule has 0 aliphatic carbocycles. The average Bonchev–Trinajstić information content (AvgIpc) is 2.39. The molecule has 0 saturated carbocycles. The highest BCUT2D eigenvalue weighted by atomic mass is 35.5. The number of methoxy groups -OCH3 is 1. The van der Waals surface area contributed by atoms with Gasteiger partial charge in [-0.05, 0) is 24.6 Å². The Kier molecular flexibility index (Phi) is 4.20. The average molecular weight is 315 g/mol. The van der Waals surface area contributed by atoms with E-state index in [9.17, 15) is 9.59 Å².